The molecular weight excluding hydrogens is 518 g/mol. The molecule has 1 fully saturated rings. The van der Waals surface area contributed by atoms with Crippen molar-refractivity contribution in [1.29, 1.82) is 0 Å². The van der Waals surface area contributed by atoms with Crippen LogP contribution in [0.25, 0.3) is 0 Å². The Hall–Kier alpha value is -3.26. The summed E-state index contributed by atoms with van der Waals surface area (Å²) in [6.07, 6.45) is 1.00. The Labute approximate surface area is 228 Å². The summed E-state index contributed by atoms with van der Waals surface area (Å²) in [6, 6.07) is 8.64. The van der Waals surface area contributed by atoms with Crippen molar-refractivity contribution >= 4 is 46.9 Å². The van der Waals surface area contributed by atoms with Crippen LogP contribution < -0.4 is 21.3 Å². The van der Waals surface area contributed by atoms with Crippen molar-refractivity contribution in [2.75, 3.05) is 45.8 Å². The van der Waals surface area contributed by atoms with Gasteiger partial charge in [0, 0.05) is 79.6 Å². The molecule has 216 valence electrons. The molecule has 2 rings (SSSR count). The van der Waals surface area contributed by atoms with Gasteiger partial charge in [-0.25, -0.2) is 0 Å². The van der Waals surface area contributed by atoms with Crippen LogP contribution in [-0.2, 0) is 25.6 Å². The number of aliphatic imine (C=N–C) groups is 1. The molecule has 1 atom stereocenters. The molecule has 0 aromatic heterocycles. The molecule has 1 heterocycles. The Bertz CT molecular complexity index is 758. The molecule has 0 radical (unpaired) electrons. The average Bonchev–Trinajstić information content (AvgIpc) is 2.76. The van der Waals surface area contributed by atoms with E-state index < -0.39 is 23.9 Å². The normalized spacial score (nSPS) is 14.9. The summed E-state index contributed by atoms with van der Waals surface area (Å²) in [5.74, 6) is -3.33. The molecule has 0 saturated carbocycles. The number of carbonyl (C=O) groups is 4. The molecule has 1 aromatic carbocycles. The van der Waals surface area contributed by atoms with E-state index in [1.807, 2.05) is 12.1 Å². The largest absolute Gasteiger partial charge is 0.481 e. The number of rotatable bonds is 3. The van der Waals surface area contributed by atoms with Gasteiger partial charge in [-0.2, -0.15) is 4.99 Å². The fraction of sp³-hybridized carbons (Fsp3) is 0.542. The smallest absolute Gasteiger partial charge is 0.300 e. The predicted octanol–water partition coefficient (Wildman–Crippen LogP) is 1.07. The number of benzene rings is 1. The highest BCUT2D eigenvalue weighted by atomic mass is 32.1. The summed E-state index contributed by atoms with van der Waals surface area (Å²) in [5, 5.41) is 46.1. The summed E-state index contributed by atoms with van der Waals surface area (Å²) < 4.78 is 0. The molecule has 1 unspecified atom stereocenters. The second-order valence-electron chi connectivity index (χ2n) is 7.50. The highest BCUT2D eigenvalue weighted by Crippen LogP contribution is 2.13. The van der Waals surface area contributed by atoms with E-state index in [1.54, 1.807) is 0 Å². The number of isothiocyanates is 1. The molecule has 38 heavy (non-hydrogen) atoms. The maximum absolute atomic E-state index is 9.00. The topological polar surface area (TPSA) is 210 Å². The molecule has 8 N–H and O–H groups in total. The minimum absolute atomic E-state index is 0.432. The molecule has 1 aliphatic heterocycles. The van der Waals surface area contributed by atoms with Gasteiger partial charge in [0.15, 0.2) is 0 Å². The van der Waals surface area contributed by atoms with Gasteiger partial charge in [0.05, 0.1) is 10.8 Å². The summed E-state index contributed by atoms with van der Waals surface area (Å²) in [7, 11) is 0. The van der Waals surface area contributed by atoms with Crippen LogP contribution in [0.1, 0.15) is 33.3 Å². The Morgan fingerprint density at radius 2 is 1.13 bits per heavy atom. The van der Waals surface area contributed by atoms with Crippen LogP contribution in [0.5, 0.6) is 0 Å². The van der Waals surface area contributed by atoms with Crippen molar-refractivity contribution in [2.45, 2.75) is 40.2 Å². The molecule has 13 nitrogen and oxygen atoms in total. The van der Waals surface area contributed by atoms with E-state index in [1.165, 1.54) is 5.56 Å². The zero-order valence-electron chi connectivity index (χ0n) is 22.3. The Morgan fingerprint density at radius 1 is 0.763 bits per heavy atom. The molecule has 0 aliphatic carbocycles. The van der Waals surface area contributed by atoms with Crippen LogP contribution in [0.3, 0.4) is 0 Å². The van der Waals surface area contributed by atoms with Crippen LogP contribution in [0.4, 0.5) is 5.69 Å². The van der Waals surface area contributed by atoms with Crippen LogP contribution >= 0.6 is 12.2 Å². The van der Waals surface area contributed by atoms with Crippen LogP contribution in [0.2, 0.25) is 0 Å². The summed E-state index contributed by atoms with van der Waals surface area (Å²) in [4.78, 5) is 40.0. The van der Waals surface area contributed by atoms with Crippen molar-refractivity contribution in [3.63, 3.8) is 0 Å². The van der Waals surface area contributed by atoms with Crippen LogP contribution in [-0.4, -0.2) is 101 Å². The number of aliphatic carboxylic acids is 4. The first-order chi connectivity index (χ1) is 17.8. The molecule has 14 heteroatoms. The summed E-state index contributed by atoms with van der Waals surface area (Å²) >= 11 is 4.62. The summed E-state index contributed by atoms with van der Waals surface area (Å²) in [6.45, 7) is 11.4. The third kappa shape index (κ3) is 42.9. The van der Waals surface area contributed by atoms with E-state index in [4.69, 9.17) is 39.6 Å². The van der Waals surface area contributed by atoms with Crippen molar-refractivity contribution in [2.24, 2.45) is 4.99 Å². The SMILES string of the molecule is CC(=O)O.CC(=O)O.CC(=O)O.CC(=O)O.S=C=Nc1ccc(CC2CNCCNCCNCCN2)cc1. The van der Waals surface area contributed by atoms with Crippen LogP contribution in [0, 0.1) is 0 Å². The first-order valence-electron chi connectivity index (χ1n) is 11.6. The van der Waals surface area contributed by atoms with Gasteiger partial charge >= 0.3 is 0 Å². The second-order valence-corrected chi connectivity index (χ2v) is 7.69. The lowest BCUT2D eigenvalue weighted by molar-refractivity contribution is -0.135. The Kier molecular flexibility index (Phi) is 29.2. The summed E-state index contributed by atoms with van der Waals surface area (Å²) in [5.41, 5.74) is 2.17. The lowest BCUT2D eigenvalue weighted by Crippen LogP contribution is -2.46. The number of carboxylic acids is 4. The molecule has 0 spiro atoms. The molecular formula is C24H41N5O8S. The van der Waals surface area contributed by atoms with Crippen molar-refractivity contribution in [3.8, 4) is 0 Å². The first kappa shape index (κ1) is 39.3. The maximum Gasteiger partial charge on any atom is 0.300 e. The molecule has 1 aliphatic rings. The van der Waals surface area contributed by atoms with E-state index in [0.29, 0.717) is 6.04 Å². The van der Waals surface area contributed by atoms with Crippen molar-refractivity contribution in [3.05, 3.63) is 29.8 Å². The zero-order valence-corrected chi connectivity index (χ0v) is 23.1. The Morgan fingerprint density at radius 3 is 1.53 bits per heavy atom. The lowest BCUT2D eigenvalue weighted by atomic mass is 10.1. The average molecular weight is 560 g/mol. The van der Waals surface area contributed by atoms with E-state index >= 15 is 0 Å². The highest BCUT2D eigenvalue weighted by Gasteiger charge is 2.09. The third-order valence-electron chi connectivity index (χ3n) is 3.68. The quantitative estimate of drug-likeness (QED) is 0.193. The first-order valence-corrected chi connectivity index (χ1v) is 12.0. The van der Waals surface area contributed by atoms with Crippen molar-refractivity contribution in [1.82, 2.24) is 21.3 Å². The predicted molar refractivity (Wildman–Crippen MR) is 148 cm³/mol. The fourth-order valence-corrected chi connectivity index (χ4v) is 2.61. The third-order valence-corrected chi connectivity index (χ3v) is 3.77. The molecule has 0 amide bonds. The van der Waals surface area contributed by atoms with Crippen molar-refractivity contribution < 1.29 is 39.6 Å². The van der Waals surface area contributed by atoms with Gasteiger partial charge in [0.25, 0.3) is 23.9 Å². The maximum atomic E-state index is 9.00. The Balaban J connectivity index is -0.000000627. The highest BCUT2D eigenvalue weighted by molar-refractivity contribution is 7.78. The second kappa shape index (κ2) is 28.3. The number of carboxylic acid groups (broad SMARTS) is 4. The van der Waals surface area contributed by atoms with Gasteiger partial charge in [-0.3, -0.25) is 19.2 Å². The van der Waals surface area contributed by atoms with E-state index in [2.05, 4.69) is 55.8 Å². The molecule has 0 bridgehead atoms. The van der Waals surface area contributed by atoms with Gasteiger partial charge < -0.3 is 41.7 Å². The van der Waals surface area contributed by atoms with E-state index in [9.17, 15) is 0 Å². The standard InChI is InChI=1S/C16H25N5S.4C2H4O2/c22-13-21-15-3-1-14(2-4-15)11-16-12-19-8-7-17-5-6-18-9-10-20-16;4*1-2(3)4/h1-4,16-20H,5-12H2;4*1H3,(H,3,4). The van der Waals surface area contributed by atoms with Gasteiger partial charge in [-0.05, 0) is 36.3 Å². The monoisotopic (exact) mass is 559 g/mol. The zero-order chi connectivity index (χ0) is 29.8. The number of nitrogens with zero attached hydrogens (tertiary/aromatic N) is 1. The number of hydrogen-bond donors (Lipinski definition) is 8. The fourth-order valence-electron chi connectivity index (χ4n) is 2.50. The minimum Gasteiger partial charge on any atom is -0.481 e. The number of nitrogens with one attached hydrogen (secondary N) is 4. The lowest BCUT2D eigenvalue weighted by Gasteiger charge is -2.21. The van der Waals surface area contributed by atoms with Gasteiger partial charge in [0.2, 0.25) is 0 Å². The van der Waals surface area contributed by atoms with Gasteiger partial charge in [0.1, 0.15) is 0 Å². The van der Waals surface area contributed by atoms with E-state index in [-0.39, 0.29) is 0 Å². The minimum atomic E-state index is -0.833. The number of hydrogen-bond acceptors (Lipinski definition) is 10. The van der Waals surface area contributed by atoms with E-state index in [0.717, 1.165) is 85.6 Å². The van der Waals surface area contributed by atoms with Crippen LogP contribution in [0.15, 0.2) is 29.3 Å². The van der Waals surface area contributed by atoms with Gasteiger partial charge in [-0.1, -0.05) is 12.1 Å². The molecule has 1 aromatic rings. The molecule has 1 saturated heterocycles. The number of thiocarbonyl (C=S) groups is 1. The van der Waals surface area contributed by atoms with Gasteiger partial charge in [-0.15, -0.1) is 0 Å².